The summed E-state index contributed by atoms with van der Waals surface area (Å²) in [6.45, 7) is 2.16. The van der Waals surface area contributed by atoms with Gasteiger partial charge in [-0.3, -0.25) is 9.89 Å². The number of carbonyl (C=O) groups excluding carboxylic acids is 1. The average molecular weight is 247 g/mol. The second-order valence-corrected chi connectivity index (χ2v) is 5.95. The number of hydrogen-bond acceptors (Lipinski definition) is 2. The van der Waals surface area contributed by atoms with Gasteiger partial charge in [0.25, 0.3) is 0 Å². The summed E-state index contributed by atoms with van der Waals surface area (Å²) in [7, 11) is 0. The monoisotopic (exact) mass is 247 g/mol. The van der Waals surface area contributed by atoms with Crippen molar-refractivity contribution in [1.29, 1.82) is 0 Å². The van der Waals surface area contributed by atoms with E-state index in [0.29, 0.717) is 18.4 Å². The Morgan fingerprint density at radius 3 is 3.06 bits per heavy atom. The van der Waals surface area contributed by atoms with Crippen LogP contribution in [-0.4, -0.2) is 22.1 Å². The predicted molar refractivity (Wildman–Crippen MR) is 68.8 cm³/mol. The van der Waals surface area contributed by atoms with Crippen molar-refractivity contribution < 1.29 is 4.79 Å². The Kier molecular flexibility index (Phi) is 3.10. The highest BCUT2D eigenvalue weighted by Gasteiger charge is 2.42. The van der Waals surface area contributed by atoms with Crippen LogP contribution in [-0.2, 0) is 11.2 Å². The van der Waals surface area contributed by atoms with Crippen LogP contribution in [0.4, 0.5) is 0 Å². The molecule has 4 atom stereocenters. The van der Waals surface area contributed by atoms with E-state index in [4.69, 9.17) is 0 Å². The molecule has 2 saturated carbocycles. The number of aromatic nitrogens is 2. The van der Waals surface area contributed by atoms with E-state index in [-0.39, 0.29) is 5.91 Å². The Hall–Kier alpha value is -1.32. The SMILES string of the molecule is CC(NC(=O)Cc1ccn[nH]1)C1CC2CCC1C2. The summed E-state index contributed by atoms with van der Waals surface area (Å²) >= 11 is 0. The summed E-state index contributed by atoms with van der Waals surface area (Å²) < 4.78 is 0. The van der Waals surface area contributed by atoms with E-state index in [1.54, 1.807) is 6.20 Å². The second kappa shape index (κ2) is 4.75. The first-order chi connectivity index (χ1) is 8.72. The Labute approximate surface area is 108 Å². The maximum absolute atomic E-state index is 11.9. The van der Waals surface area contributed by atoms with E-state index in [0.717, 1.165) is 17.5 Å². The molecular formula is C14H21N3O. The Bertz CT molecular complexity index is 415. The molecule has 1 aromatic heterocycles. The zero-order valence-corrected chi connectivity index (χ0v) is 10.9. The van der Waals surface area contributed by atoms with Gasteiger partial charge >= 0.3 is 0 Å². The third kappa shape index (κ3) is 2.28. The number of aromatic amines is 1. The van der Waals surface area contributed by atoms with Gasteiger partial charge in [0.05, 0.1) is 6.42 Å². The summed E-state index contributed by atoms with van der Waals surface area (Å²) in [6, 6.07) is 2.16. The van der Waals surface area contributed by atoms with Crippen LogP contribution in [0.15, 0.2) is 12.3 Å². The molecule has 2 N–H and O–H groups in total. The molecule has 0 saturated heterocycles. The highest BCUT2D eigenvalue weighted by Crippen LogP contribution is 2.49. The van der Waals surface area contributed by atoms with Gasteiger partial charge in [-0.1, -0.05) is 6.42 Å². The molecule has 1 aromatic rings. The molecule has 1 heterocycles. The molecule has 0 aromatic carbocycles. The van der Waals surface area contributed by atoms with Crippen molar-refractivity contribution in [3.05, 3.63) is 18.0 Å². The lowest BCUT2D eigenvalue weighted by Gasteiger charge is -2.28. The molecule has 3 rings (SSSR count). The Morgan fingerprint density at radius 1 is 1.56 bits per heavy atom. The highest BCUT2D eigenvalue weighted by molar-refractivity contribution is 5.78. The van der Waals surface area contributed by atoms with Gasteiger partial charge in [-0.15, -0.1) is 0 Å². The number of carbonyl (C=O) groups is 1. The molecule has 2 aliphatic rings. The average Bonchev–Trinajstić information content (AvgIpc) is 3.04. The molecule has 4 nitrogen and oxygen atoms in total. The van der Waals surface area contributed by atoms with E-state index in [2.05, 4.69) is 22.4 Å². The molecule has 1 amide bonds. The van der Waals surface area contributed by atoms with Crippen molar-refractivity contribution in [3.8, 4) is 0 Å². The molecule has 2 aliphatic carbocycles. The van der Waals surface area contributed by atoms with Crippen LogP contribution in [0, 0.1) is 17.8 Å². The largest absolute Gasteiger partial charge is 0.353 e. The molecule has 2 fully saturated rings. The standard InChI is InChI=1S/C14H21N3O/c1-9(13-7-10-2-3-11(13)6-10)16-14(18)8-12-4-5-15-17-12/h4-5,9-11,13H,2-3,6-8H2,1H3,(H,15,17)(H,16,18). The molecule has 4 unspecified atom stereocenters. The Balaban J connectivity index is 1.51. The lowest BCUT2D eigenvalue weighted by atomic mass is 9.84. The molecule has 0 radical (unpaired) electrons. The first-order valence-electron chi connectivity index (χ1n) is 7.00. The van der Waals surface area contributed by atoms with Crippen LogP contribution in [0.5, 0.6) is 0 Å². The van der Waals surface area contributed by atoms with Crippen molar-refractivity contribution in [2.24, 2.45) is 17.8 Å². The van der Waals surface area contributed by atoms with Gasteiger partial charge < -0.3 is 5.32 Å². The van der Waals surface area contributed by atoms with Gasteiger partial charge in [0.1, 0.15) is 0 Å². The minimum atomic E-state index is 0.106. The third-order valence-electron chi connectivity index (χ3n) is 4.73. The normalized spacial score (nSPS) is 31.5. The lowest BCUT2D eigenvalue weighted by Crippen LogP contribution is -2.40. The summed E-state index contributed by atoms with van der Waals surface area (Å²) in [5, 5.41) is 9.84. The van der Waals surface area contributed by atoms with E-state index in [1.807, 2.05) is 6.07 Å². The van der Waals surface area contributed by atoms with Crippen molar-refractivity contribution in [2.75, 3.05) is 0 Å². The van der Waals surface area contributed by atoms with Gasteiger partial charge in [-0.25, -0.2) is 0 Å². The van der Waals surface area contributed by atoms with Gasteiger partial charge in [0, 0.05) is 17.9 Å². The fourth-order valence-corrected chi connectivity index (χ4v) is 3.87. The quantitative estimate of drug-likeness (QED) is 0.853. The predicted octanol–water partition coefficient (Wildman–Crippen LogP) is 1.89. The van der Waals surface area contributed by atoms with Crippen molar-refractivity contribution in [2.45, 2.75) is 45.1 Å². The van der Waals surface area contributed by atoms with Crippen LogP contribution in [0.1, 0.15) is 38.3 Å². The number of nitrogens with one attached hydrogen (secondary N) is 2. The maximum Gasteiger partial charge on any atom is 0.226 e. The van der Waals surface area contributed by atoms with Gasteiger partial charge in [-0.2, -0.15) is 5.10 Å². The van der Waals surface area contributed by atoms with Crippen LogP contribution in [0.2, 0.25) is 0 Å². The lowest BCUT2D eigenvalue weighted by molar-refractivity contribution is -0.121. The first kappa shape index (κ1) is 11.8. The summed E-state index contributed by atoms with van der Waals surface area (Å²) in [5.74, 6) is 2.61. The van der Waals surface area contributed by atoms with Crippen LogP contribution in [0.25, 0.3) is 0 Å². The number of rotatable bonds is 4. The van der Waals surface area contributed by atoms with Gasteiger partial charge in [0.2, 0.25) is 5.91 Å². The van der Waals surface area contributed by atoms with Crippen molar-refractivity contribution in [3.63, 3.8) is 0 Å². The number of hydrogen-bond donors (Lipinski definition) is 2. The molecule has 0 aliphatic heterocycles. The fraction of sp³-hybridized carbons (Fsp3) is 0.714. The second-order valence-electron chi connectivity index (χ2n) is 5.95. The van der Waals surface area contributed by atoms with Gasteiger partial charge in [-0.05, 0) is 50.0 Å². The molecule has 0 spiro atoms. The molecule has 18 heavy (non-hydrogen) atoms. The number of amides is 1. The summed E-state index contributed by atoms with van der Waals surface area (Å²) in [5.41, 5.74) is 0.882. The zero-order valence-electron chi connectivity index (χ0n) is 10.9. The number of nitrogens with zero attached hydrogens (tertiary/aromatic N) is 1. The van der Waals surface area contributed by atoms with E-state index < -0.39 is 0 Å². The van der Waals surface area contributed by atoms with Crippen LogP contribution < -0.4 is 5.32 Å². The fourth-order valence-electron chi connectivity index (χ4n) is 3.87. The number of H-pyrrole nitrogens is 1. The van der Waals surface area contributed by atoms with E-state index in [1.165, 1.54) is 25.7 Å². The first-order valence-corrected chi connectivity index (χ1v) is 7.00. The molecule has 98 valence electrons. The maximum atomic E-state index is 11.9. The summed E-state index contributed by atoms with van der Waals surface area (Å²) in [6.07, 6.45) is 7.58. The summed E-state index contributed by atoms with van der Waals surface area (Å²) in [4.78, 5) is 11.9. The Morgan fingerprint density at radius 2 is 2.44 bits per heavy atom. The smallest absolute Gasteiger partial charge is 0.226 e. The highest BCUT2D eigenvalue weighted by atomic mass is 16.1. The van der Waals surface area contributed by atoms with Gasteiger partial charge in [0.15, 0.2) is 0 Å². The molecular weight excluding hydrogens is 226 g/mol. The minimum Gasteiger partial charge on any atom is -0.353 e. The molecule has 4 heteroatoms. The van der Waals surface area contributed by atoms with Crippen LogP contribution in [0.3, 0.4) is 0 Å². The molecule has 2 bridgehead atoms. The number of fused-ring (bicyclic) bond motifs is 2. The van der Waals surface area contributed by atoms with Crippen molar-refractivity contribution >= 4 is 5.91 Å². The van der Waals surface area contributed by atoms with E-state index in [9.17, 15) is 4.79 Å². The van der Waals surface area contributed by atoms with E-state index >= 15 is 0 Å². The zero-order chi connectivity index (χ0) is 12.5. The topological polar surface area (TPSA) is 57.8 Å². The third-order valence-corrected chi connectivity index (χ3v) is 4.73. The van der Waals surface area contributed by atoms with Crippen LogP contribution >= 0.6 is 0 Å². The minimum absolute atomic E-state index is 0.106. The van der Waals surface area contributed by atoms with Crippen molar-refractivity contribution in [1.82, 2.24) is 15.5 Å².